The molecule has 6 heterocycles. The Morgan fingerprint density at radius 1 is 0.522 bits per heavy atom. The number of fused-ring (bicyclic) bond motifs is 8. The summed E-state index contributed by atoms with van der Waals surface area (Å²) in [5.41, 5.74) is 16.4. The molecule has 0 spiro atoms. The highest BCUT2D eigenvalue weighted by Gasteiger charge is 2.23. The fourth-order valence-electron chi connectivity index (χ4n) is 8.46. The molecule has 1 amide bonds. The van der Waals surface area contributed by atoms with Crippen LogP contribution in [0.25, 0.3) is 90.4 Å². The lowest BCUT2D eigenvalue weighted by atomic mass is 9.99. The van der Waals surface area contributed by atoms with Gasteiger partial charge in [-0.1, -0.05) is 48.5 Å². The minimum atomic E-state index is -0.383. The molecule has 0 saturated heterocycles. The van der Waals surface area contributed by atoms with Gasteiger partial charge < -0.3 is 28.9 Å². The van der Waals surface area contributed by atoms with Crippen LogP contribution in [0.5, 0.6) is 23.0 Å². The first-order valence-corrected chi connectivity index (χ1v) is 21.4. The molecule has 0 aliphatic carbocycles. The fraction of sp³-hybridized carbons (Fsp3) is 0.0727. The van der Waals surface area contributed by atoms with Gasteiger partial charge >= 0.3 is 0 Å². The van der Waals surface area contributed by atoms with Gasteiger partial charge in [0.25, 0.3) is 5.91 Å². The van der Waals surface area contributed by atoms with Crippen molar-refractivity contribution < 1.29 is 23.7 Å². The summed E-state index contributed by atoms with van der Waals surface area (Å²) in [6, 6.07) is 43.2. The number of allylic oxidation sites excluding steroid dienone is 1. The number of ether oxygens (including phenoxy) is 4. The smallest absolute Gasteiger partial charge is 0.271 e. The first kappa shape index (κ1) is 42.0. The number of H-pyrrole nitrogens is 2. The molecule has 0 unspecified atom stereocenters. The van der Waals surface area contributed by atoms with Crippen molar-refractivity contribution in [3.8, 4) is 67.5 Å². The molecule has 12 heteroatoms. The summed E-state index contributed by atoms with van der Waals surface area (Å²) in [5.74, 6) is 2.38. The molecule has 0 radical (unpaired) electrons. The van der Waals surface area contributed by atoms with Crippen molar-refractivity contribution >= 4 is 58.0 Å². The Hall–Kier alpha value is -9.03. The van der Waals surface area contributed by atoms with Gasteiger partial charge in [0.2, 0.25) is 0 Å². The van der Waals surface area contributed by atoms with Crippen molar-refractivity contribution in [3.05, 3.63) is 174 Å². The third kappa shape index (κ3) is 8.31. The summed E-state index contributed by atoms with van der Waals surface area (Å²) >= 11 is 0. The van der Waals surface area contributed by atoms with Gasteiger partial charge in [-0.25, -0.2) is 15.4 Å². The normalized spacial score (nSPS) is 11.9. The summed E-state index contributed by atoms with van der Waals surface area (Å²) in [5, 5.41) is 4.51. The minimum Gasteiger partial charge on any atom is -0.497 e. The quantitative estimate of drug-likeness (QED) is 0.0859. The lowest BCUT2D eigenvalue weighted by molar-refractivity contribution is 0.0955. The number of pyridine rings is 1. The number of hydrazone groups is 1. The van der Waals surface area contributed by atoms with E-state index in [9.17, 15) is 4.79 Å². The Labute approximate surface area is 386 Å². The summed E-state index contributed by atoms with van der Waals surface area (Å²) in [7, 11) is 6.62. The molecule has 10 rings (SSSR count). The van der Waals surface area contributed by atoms with E-state index in [1.807, 2.05) is 103 Å². The molecule has 0 fully saturated rings. The van der Waals surface area contributed by atoms with Crippen LogP contribution in [-0.2, 0) is 0 Å². The topological polar surface area (TPSA) is 149 Å². The molecule has 67 heavy (non-hydrogen) atoms. The van der Waals surface area contributed by atoms with Crippen LogP contribution in [0, 0.1) is 0 Å². The van der Waals surface area contributed by atoms with E-state index in [4.69, 9.17) is 28.9 Å². The average Bonchev–Trinajstić information content (AvgIpc) is 4.23. The second kappa shape index (κ2) is 18.2. The van der Waals surface area contributed by atoms with E-state index in [1.54, 1.807) is 59.2 Å². The lowest BCUT2D eigenvalue weighted by Gasteiger charge is -2.09. The van der Waals surface area contributed by atoms with E-state index in [-0.39, 0.29) is 5.91 Å². The SMILES string of the molecule is COc1cccc(-c2c3nc(c(-c4cccc(OC)c4)c4ccc([nH]4)c(-c4cccc(OC)c4)c4nc(c(-c5cccc(OC)c5)c5ccc2[nH]5)C=C4/C=N/NC(=O)c2ccncc2)C=C3)c1. The number of aromatic amines is 2. The monoisotopic (exact) mass is 881 g/mol. The molecule has 4 aromatic carbocycles. The van der Waals surface area contributed by atoms with Gasteiger partial charge in [0.05, 0.1) is 57.4 Å². The molecular weight excluding hydrogens is 839 g/mol. The van der Waals surface area contributed by atoms with Crippen LogP contribution < -0.4 is 24.4 Å². The van der Waals surface area contributed by atoms with Crippen LogP contribution >= 0.6 is 0 Å². The molecule has 0 saturated carbocycles. The van der Waals surface area contributed by atoms with Gasteiger partial charge in [0.1, 0.15) is 23.0 Å². The van der Waals surface area contributed by atoms with Crippen LogP contribution in [0.15, 0.2) is 151 Å². The summed E-state index contributed by atoms with van der Waals surface area (Å²) in [6.07, 6.45) is 10.8. The molecular formula is C55H43N7O5. The minimum absolute atomic E-state index is 0.383. The Morgan fingerprint density at radius 2 is 0.940 bits per heavy atom. The highest BCUT2D eigenvalue weighted by atomic mass is 16.5. The second-order valence-electron chi connectivity index (χ2n) is 15.6. The van der Waals surface area contributed by atoms with Gasteiger partial charge in [0.15, 0.2) is 0 Å². The molecule has 12 nitrogen and oxygen atoms in total. The fourth-order valence-corrected chi connectivity index (χ4v) is 8.46. The standard InChI is InChI=1S/C55H43N7O5/c1-64-39-13-5-9-34(27-39)50-43-17-18-44(58-43)51(35-10-6-14-40(28-35)65-2)46-21-22-48(60-46)53(37-12-8-16-42(30-37)67-4)54-38(32-57-62-55(63)33-23-25-56-26-24-33)31-49(61-54)52(47-20-19-45(50)59-47)36-11-7-15-41(29-36)66-3/h5-32,59-60H,1-4H3,(H,62,63)/b50-43?,50-45?,51-44?,51-46?,52-47?,52-49?,53-48?,54-53?,57-32+. The van der Waals surface area contributed by atoms with Crippen LogP contribution in [0.3, 0.4) is 0 Å². The van der Waals surface area contributed by atoms with Crippen molar-refractivity contribution in [2.75, 3.05) is 28.4 Å². The Morgan fingerprint density at radius 3 is 1.39 bits per heavy atom. The first-order valence-electron chi connectivity index (χ1n) is 21.4. The van der Waals surface area contributed by atoms with E-state index >= 15 is 0 Å². The lowest BCUT2D eigenvalue weighted by Crippen LogP contribution is -2.17. The maximum atomic E-state index is 13.3. The number of hydrogen-bond donors (Lipinski definition) is 3. The Bertz CT molecular complexity index is 3480. The number of hydrogen-bond acceptors (Lipinski definition) is 9. The van der Waals surface area contributed by atoms with E-state index < -0.39 is 0 Å². The molecule has 3 N–H and O–H groups in total. The number of methoxy groups -OCH3 is 4. The number of rotatable bonds is 11. The highest BCUT2D eigenvalue weighted by Crippen LogP contribution is 2.41. The molecule has 328 valence electrons. The van der Waals surface area contributed by atoms with Gasteiger partial charge in [-0.15, -0.1) is 0 Å². The zero-order chi connectivity index (χ0) is 45.9. The first-order chi connectivity index (χ1) is 32.9. The van der Waals surface area contributed by atoms with Gasteiger partial charge in [0, 0.05) is 67.9 Å². The number of aromatic nitrogens is 5. The average molecular weight is 882 g/mol. The molecule has 8 bridgehead atoms. The van der Waals surface area contributed by atoms with Crippen LogP contribution in [0.2, 0.25) is 0 Å². The molecule has 0 atom stereocenters. The van der Waals surface area contributed by atoms with Gasteiger partial charge in [-0.3, -0.25) is 9.78 Å². The van der Waals surface area contributed by atoms with E-state index in [1.165, 1.54) is 0 Å². The molecule has 4 aromatic heterocycles. The van der Waals surface area contributed by atoms with E-state index in [2.05, 4.69) is 61.9 Å². The van der Waals surface area contributed by atoms with Crippen molar-refractivity contribution in [1.29, 1.82) is 0 Å². The molecule has 8 aromatic rings. The Balaban J connectivity index is 1.36. The van der Waals surface area contributed by atoms with Crippen molar-refractivity contribution in [3.63, 3.8) is 0 Å². The maximum Gasteiger partial charge on any atom is 0.271 e. The third-order valence-electron chi connectivity index (χ3n) is 11.6. The summed E-state index contributed by atoms with van der Waals surface area (Å²) in [6.45, 7) is 0. The molecule has 2 aliphatic heterocycles. The van der Waals surface area contributed by atoms with E-state index in [0.29, 0.717) is 45.5 Å². The zero-order valence-corrected chi connectivity index (χ0v) is 37.0. The maximum absolute atomic E-state index is 13.3. The predicted octanol–water partition coefficient (Wildman–Crippen LogP) is 11.5. The number of carbonyl (C=O) groups excluding carboxylic acids is 1. The number of nitrogens with zero attached hydrogens (tertiary/aromatic N) is 4. The van der Waals surface area contributed by atoms with Crippen LogP contribution in [0.4, 0.5) is 0 Å². The second-order valence-corrected chi connectivity index (χ2v) is 15.6. The van der Waals surface area contributed by atoms with Crippen molar-refractivity contribution in [2.45, 2.75) is 0 Å². The molecule has 2 aliphatic rings. The van der Waals surface area contributed by atoms with Crippen LogP contribution in [0.1, 0.15) is 33.1 Å². The number of benzene rings is 4. The largest absolute Gasteiger partial charge is 0.497 e. The number of amides is 1. The van der Waals surface area contributed by atoms with Crippen molar-refractivity contribution in [1.82, 2.24) is 30.3 Å². The zero-order valence-electron chi connectivity index (χ0n) is 37.0. The number of nitrogens with one attached hydrogen (secondary N) is 3. The van der Waals surface area contributed by atoms with E-state index in [0.717, 1.165) is 78.0 Å². The summed E-state index contributed by atoms with van der Waals surface area (Å²) in [4.78, 5) is 35.9. The van der Waals surface area contributed by atoms with Crippen molar-refractivity contribution in [2.24, 2.45) is 5.10 Å². The van der Waals surface area contributed by atoms with Gasteiger partial charge in [-0.2, -0.15) is 5.10 Å². The van der Waals surface area contributed by atoms with Gasteiger partial charge in [-0.05, 0) is 125 Å². The highest BCUT2D eigenvalue weighted by molar-refractivity contribution is 6.20. The van der Waals surface area contributed by atoms with Crippen LogP contribution in [-0.4, -0.2) is 65.5 Å². The predicted molar refractivity (Wildman–Crippen MR) is 266 cm³/mol. The Kier molecular flexibility index (Phi) is 11.4. The number of carbonyl (C=O) groups is 1. The third-order valence-corrected chi connectivity index (χ3v) is 11.6. The summed E-state index contributed by atoms with van der Waals surface area (Å²) < 4.78 is 23.0.